The first-order chi connectivity index (χ1) is 15.3. The maximum atomic E-state index is 12.7. The maximum absolute atomic E-state index is 12.7. The van der Waals surface area contributed by atoms with Crippen LogP contribution in [0.1, 0.15) is 47.0 Å². The number of hydrazine groups is 1. The number of hydrogen-bond donors (Lipinski definition) is 4. The molecule has 5 N–H and O–H groups in total. The Labute approximate surface area is 191 Å². The van der Waals surface area contributed by atoms with E-state index in [9.17, 15) is 33.9 Å². The number of nitrogens with zero attached hydrogens (tertiary/aromatic N) is 2. The smallest absolute Gasteiger partial charge is 0.346 e. The molecule has 1 aliphatic heterocycles. The monoisotopic (exact) mass is 471 g/mol. The predicted octanol–water partition coefficient (Wildman–Crippen LogP) is -2.41. The summed E-state index contributed by atoms with van der Waals surface area (Å²) in [6, 6.07) is -2.62. The second-order valence-corrected chi connectivity index (χ2v) is 7.95. The number of carbonyl (C=O) groups is 6. The number of hydrogen-bond acceptors (Lipinski definition) is 9. The molecule has 0 spiro atoms. The SMILES string of the molecule is CCOC(=O)C(O)(CC(=O)N(C)NC(=O)[C@@H]1CCCN1C(=O)[C@H](C)NC(=O)[C@H](C)N)C(C)=O. The third kappa shape index (κ3) is 6.96. The molecule has 4 amide bonds. The van der Waals surface area contributed by atoms with Crippen LogP contribution in [0, 0.1) is 0 Å². The van der Waals surface area contributed by atoms with Gasteiger partial charge in [0.1, 0.15) is 12.1 Å². The van der Waals surface area contributed by atoms with Crippen molar-refractivity contribution < 1.29 is 38.6 Å². The van der Waals surface area contributed by atoms with Gasteiger partial charge in [0.2, 0.25) is 23.3 Å². The van der Waals surface area contributed by atoms with Gasteiger partial charge in [0.15, 0.2) is 5.78 Å². The van der Waals surface area contributed by atoms with E-state index < -0.39 is 65.5 Å². The number of ketones is 1. The third-order valence-corrected chi connectivity index (χ3v) is 5.24. The number of esters is 1. The molecule has 1 heterocycles. The van der Waals surface area contributed by atoms with E-state index in [0.717, 1.165) is 11.9 Å². The molecule has 0 radical (unpaired) electrons. The zero-order chi connectivity index (χ0) is 25.5. The van der Waals surface area contributed by atoms with Crippen LogP contribution in [0.4, 0.5) is 0 Å². The Balaban J connectivity index is 2.82. The van der Waals surface area contributed by atoms with Crippen molar-refractivity contribution in [3.8, 4) is 0 Å². The van der Waals surface area contributed by atoms with Gasteiger partial charge in [-0.2, -0.15) is 0 Å². The Hall–Kier alpha value is -3.06. The zero-order valence-electron chi connectivity index (χ0n) is 19.5. The number of ether oxygens (including phenoxy) is 1. The number of Topliss-reactive ketones (excluding diaryl/α,β-unsaturated/α-hetero) is 1. The van der Waals surface area contributed by atoms with Gasteiger partial charge in [-0.15, -0.1) is 0 Å². The fraction of sp³-hybridized carbons (Fsp3) is 0.700. The molecule has 0 aromatic rings. The highest BCUT2D eigenvalue weighted by atomic mass is 16.5. The number of aliphatic hydroxyl groups is 1. The molecule has 0 aliphatic carbocycles. The number of nitrogens with one attached hydrogen (secondary N) is 2. The molecule has 13 nitrogen and oxygen atoms in total. The molecular weight excluding hydrogens is 438 g/mol. The standard InChI is InChI=1S/C20H33N5O8/c1-6-33-19(31)20(32,13(4)26)10-15(27)24(5)23-17(29)14-8-7-9-25(14)18(30)12(3)22-16(28)11(2)21/h11-12,14,32H,6-10,21H2,1-5H3,(H,22,28)(H,23,29)/t11-,12-,14-,20?/m0/s1. The first kappa shape index (κ1) is 28.0. The molecule has 33 heavy (non-hydrogen) atoms. The molecule has 1 saturated heterocycles. The van der Waals surface area contributed by atoms with E-state index in [1.807, 2.05) is 0 Å². The van der Waals surface area contributed by atoms with Crippen LogP contribution in [0.25, 0.3) is 0 Å². The van der Waals surface area contributed by atoms with Crippen LogP contribution in [-0.4, -0.2) is 94.3 Å². The van der Waals surface area contributed by atoms with Gasteiger partial charge < -0.3 is 25.8 Å². The number of rotatable bonds is 9. The van der Waals surface area contributed by atoms with Crippen LogP contribution >= 0.6 is 0 Å². The lowest BCUT2D eigenvalue weighted by Crippen LogP contribution is -2.57. The van der Waals surface area contributed by atoms with Gasteiger partial charge in [0, 0.05) is 13.6 Å². The molecule has 0 saturated carbocycles. The summed E-state index contributed by atoms with van der Waals surface area (Å²) in [4.78, 5) is 74.7. The molecule has 186 valence electrons. The largest absolute Gasteiger partial charge is 0.464 e. The molecule has 0 aromatic carbocycles. The number of nitrogens with two attached hydrogens (primary N) is 1. The Morgan fingerprint density at radius 1 is 1.24 bits per heavy atom. The van der Waals surface area contributed by atoms with E-state index in [1.165, 1.54) is 32.7 Å². The van der Waals surface area contributed by atoms with Crippen LogP contribution in [0.15, 0.2) is 0 Å². The van der Waals surface area contributed by atoms with Gasteiger partial charge in [0.25, 0.3) is 5.91 Å². The summed E-state index contributed by atoms with van der Waals surface area (Å²) < 4.78 is 4.67. The summed E-state index contributed by atoms with van der Waals surface area (Å²) in [5, 5.41) is 13.6. The van der Waals surface area contributed by atoms with Crippen molar-refractivity contribution in [1.29, 1.82) is 0 Å². The molecule has 13 heteroatoms. The van der Waals surface area contributed by atoms with Crippen LogP contribution in [-0.2, 0) is 33.5 Å². The Morgan fingerprint density at radius 3 is 2.36 bits per heavy atom. The molecule has 0 bridgehead atoms. The Kier molecular flexibility index (Phi) is 9.92. The van der Waals surface area contributed by atoms with Crippen molar-refractivity contribution in [1.82, 2.24) is 20.7 Å². The average molecular weight is 472 g/mol. The van der Waals surface area contributed by atoms with Crippen molar-refractivity contribution in [2.45, 2.75) is 70.7 Å². The molecule has 4 atom stereocenters. The average Bonchev–Trinajstić information content (AvgIpc) is 3.22. The molecule has 1 unspecified atom stereocenters. The summed E-state index contributed by atoms with van der Waals surface area (Å²) >= 11 is 0. The van der Waals surface area contributed by atoms with Crippen molar-refractivity contribution in [2.75, 3.05) is 20.2 Å². The highest BCUT2D eigenvalue weighted by Crippen LogP contribution is 2.19. The molecular formula is C20H33N5O8. The van der Waals surface area contributed by atoms with Gasteiger partial charge in [-0.05, 0) is 40.5 Å². The first-order valence-corrected chi connectivity index (χ1v) is 10.6. The van der Waals surface area contributed by atoms with Gasteiger partial charge in [0.05, 0.1) is 19.1 Å². The zero-order valence-corrected chi connectivity index (χ0v) is 19.5. The third-order valence-electron chi connectivity index (χ3n) is 5.24. The number of carbonyl (C=O) groups excluding carboxylic acids is 6. The molecule has 0 aromatic heterocycles. The van der Waals surface area contributed by atoms with Crippen LogP contribution in [0.5, 0.6) is 0 Å². The predicted molar refractivity (Wildman–Crippen MR) is 114 cm³/mol. The Bertz CT molecular complexity index is 801. The van der Waals surface area contributed by atoms with Crippen molar-refractivity contribution in [2.24, 2.45) is 5.73 Å². The van der Waals surface area contributed by atoms with E-state index in [4.69, 9.17) is 5.73 Å². The van der Waals surface area contributed by atoms with Gasteiger partial charge in [-0.1, -0.05) is 0 Å². The molecule has 1 fully saturated rings. The lowest BCUT2D eigenvalue weighted by atomic mass is 9.95. The minimum atomic E-state index is -2.69. The van der Waals surface area contributed by atoms with Gasteiger partial charge in [-0.25, -0.2) is 4.79 Å². The van der Waals surface area contributed by atoms with Crippen molar-refractivity contribution in [3.05, 3.63) is 0 Å². The topological polar surface area (TPSA) is 188 Å². The lowest BCUT2D eigenvalue weighted by molar-refractivity contribution is -0.173. The summed E-state index contributed by atoms with van der Waals surface area (Å²) in [7, 11) is 1.18. The maximum Gasteiger partial charge on any atom is 0.346 e. The summed E-state index contributed by atoms with van der Waals surface area (Å²) in [6.45, 7) is 5.54. The second kappa shape index (κ2) is 11.7. The first-order valence-electron chi connectivity index (χ1n) is 10.6. The highest BCUT2D eigenvalue weighted by molar-refractivity contribution is 6.09. The van der Waals surface area contributed by atoms with Crippen LogP contribution < -0.4 is 16.5 Å². The van der Waals surface area contributed by atoms with Gasteiger partial charge in [-0.3, -0.25) is 34.4 Å². The highest BCUT2D eigenvalue weighted by Gasteiger charge is 2.46. The van der Waals surface area contributed by atoms with E-state index in [2.05, 4.69) is 15.5 Å². The summed E-state index contributed by atoms with van der Waals surface area (Å²) in [5.74, 6) is -4.84. The van der Waals surface area contributed by atoms with E-state index in [-0.39, 0.29) is 13.2 Å². The van der Waals surface area contributed by atoms with Crippen LogP contribution in [0.3, 0.4) is 0 Å². The quantitative estimate of drug-likeness (QED) is 0.161. The Morgan fingerprint density at radius 2 is 1.85 bits per heavy atom. The minimum Gasteiger partial charge on any atom is -0.464 e. The van der Waals surface area contributed by atoms with Crippen molar-refractivity contribution >= 4 is 35.4 Å². The second-order valence-electron chi connectivity index (χ2n) is 7.95. The van der Waals surface area contributed by atoms with Crippen molar-refractivity contribution in [3.63, 3.8) is 0 Å². The van der Waals surface area contributed by atoms with E-state index >= 15 is 0 Å². The normalized spacial score (nSPS) is 19.0. The molecule has 1 aliphatic rings. The molecule has 1 rings (SSSR count). The number of likely N-dealkylation sites (tertiary alicyclic amines) is 1. The van der Waals surface area contributed by atoms with Gasteiger partial charge >= 0.3 is 5.97 Å². The summed E-state index contributed by atoms with van der Waals surface area (Å²) in [5.41, 5.74) is 5.11. The fourth-order valence-electron chi connectivity index (χ4n) is 3.19. The van der Waals surface area contributed by atoms with E-state index in [0.29, 0.717) is 12.8 Å². The van der Waals surface area contributed by atoms with Crippen LogP contribution in [0.2, 0.25) is 0 Å². The fourth-order valence-corrected chi connectivity index (χ4v) is 3.19. The van der Waals surface area contributed by atoms with E-state index in [1.54, 1.807) is 0 Å². The minimum absolute atomic E-state index is 0.107. The number of amides is 4. The summed E-state index contributed by atoms with van der Waals surface area (Å²) in [6.07, 6.45) is -0.0816. The lowest BCUT2D eigenvalue weighted by Gasteiger charge is -2.30.